The summed E-state index contributed by atoms with van der Waals surface area (Å²) in [6, 6.07) is 13.1. The molecule has 0 saturated heterocycles. The van der Waals surface area contributed by atoms with Crippen LogP contribution >= 0.6 is 0 Å². The molecule has 3 rings (SSSR count). The standard InChI is InChI=1S/C21H18N2O5/c1-28-18-9-16(11-22-12-18)13-3-2-4-14(7-13)21(27)23-17-5-6-19(24)15(8-17)10-20(25)26/h2-9,11-12,24H,10H2,1H3,(H,23,27)(H,25,26). The van der Waals surface area contributed by atoms with E-state index >= 15 is 0 Å². The molecular formula is C21H18N2O5. The van der Waals surface area contributed by atoms with Crippen molar-refractivity contribution in [2.45, 2.75) is 6.42 Å². The minimum Gasteiger partial charge on any atom is -0.508 e. The van der Waals surface area contributed by atoms with Crippen molar-refractivity contribution in [1.82, 2.24) is 4.98 Å². The summed E-state index contributed by atoms with van der Waals surface area (Å²) in [5.74, 6) is -0.946. The third kappa shape index (κ3) is 4.45. The number of nitrogens with one attached hydrogen (secondary N) is 1. The summed E-state index contributed by atoms with van der Waals surface area (Å²) < 4.78 is 5.18. The number of anilines is 1. The summed E-state index contributed by atoms with van der Waals surface area (Å²) in [6.07, 6.45) is 2.94. The number of pyridine rings is 1. The lowest BCUT2D eigenvalue weighted by molar-refractivity contribution is -0.136. The largest absolute Gasteiger partial charge is 0.508 e. The van der Waals surface area contributed by atoms with Gasteiger partial charge in [-0.25, -0.2) is 0 Å². The quantitative estimate of drug-likeness (QED) is 0.568. The maximum atomic E-state index is 12.6. The number of rotatable bonds is 6. The van der Waals surface area contributed by atoms with Gasteiger partial charge in [-0.05, 0) is 42.0 Å². The number of carboxylic acids is 1. The highest BCUT2D eigenvalue weighted by Gasteiger charge is 2.11. The fourth-order valence-electron chi connectivity index (χ4n) is 2.70. The van der Waals surface area contributed by atoms with Crippen LogP contribution in [0.15, 0.2) is 60.9 Å². The number of aromatic hydroxyl groups is 1. The Morgan fingerprint density at radius 1 is 1.07 bits per heavy atom. The molecule has 1 aromatic heterocycles. The van der Waals surface area contributed by atoms with Crippen LogP contribution in [0.5, 0.6) is 11.5 Å². The van der Waals surface area contributed by atoms with Gasteiger partial charge in [-0.3, -0.25) is 14.6 Å². The average molecular weight is 378 g/mol. The molecule has 0 unspecified atom stereocenters. The Labute approximate surface area is 161 Å². The number of phenols is 1. The van der Waals surface area contributed by atoms with E-state index in [1.807, 2.05) is 12.1 Å². The lowest BCUT2D eigenvalue weighted by Gasteiger charge is -2.10. The molecule has 0 aliphatic carbocycles. The van der Waals surface area contributed by atoms with Crippen LogP contribution in [0, 0.1) is 0 Å². The molecule has 0 radical (unpaired) electrons. The van der Waals surface area contributed by atoms with E-state index in [1.54, 1.807) is 37.7 Å². The number of aliphatic carboxylic acids is 1. The minimum absolute atomic E-state index is 0.132. The summed E-state index contributed by atoms with van der Waals surface area (Å²) in [7, 11) is 1.56. The minimum atomic E-state index is -1.07. The zero-order valence-corrected chi connectivity index (χ0v) is 15.0. The topological polar surface area (TPSA) is 109 Å². The first-order valence-electron chi connectivity index (χ1n) is 8.41. The normalized spacial score (nSPS) is 10.3. The maximum Gasteiger partial charge on any atom is 0.307 e. The van der Waals surface area contributed by atoms with Crippen molar-refractivity contribution in [3.8, 4) is 22.6 Å². The lowest BCUT2D eigenvalue weighted by atomic mass is 10.0. The zero-order valence-electron chi connectivity index (χ0n) is 15.0. The Bertz CT molecular complexity index is 1030. The van der Waals surface area contributed by atoms with Crippen molar-refractivity contribution in [2.75, 3.05) is 12.4 Å². The molecule has 142 valence electrons. The highest BCUT2D eigenvalue weighted by atomic mass is 16.5. The number of hydrogen-bond acceptors (Lipinski definition) is 5. The second-order valence-electron chi connectivity index (χ2n) is 6.06. The number of aromatic nitrogens is 1. The molecule has 2 aromatic carbocycles. The van der Waals surface area contributed by atoms with E-state index in [0.29, 0.717) is 17.0 Å². The molecule has 7 heteroatoms. The van der Waals surface area contributed by atoms with Crippen molar-refractivity contribution in [3.05, 3.63) is 72.1 Å². The molecule has 3 N–H and O–H groups in total. The molecular weight excluding hydrogens is 360 g/mol. The SMILES string of the molecule is COc1cncc(-c2cccc(C(=O)Nc3ccc(O)c(CC(=O)O)c3)c2)c1. The second-order valence-corrected chi connectivity index (χ2v) is 6.06. The average Bonchev–Trinajstić information content (AvgIpc) is 2.70. The van der Waals surface area contributed by atoms with Gasteiger partial charge >= 0.3 is 5.97 Å². The van der Waals surface area contributed by atoms with Crippen molar-refractivity contribution < 1.29 is 24.5 Å². The van der Waals surface area contributed by atoms with Gasteiger partial charge in [0.05, 0.1) is 19.7 Å². The van der Waals surface area contributed by atoms with Gasteiger partial charge in [0.2, 0.25) is 0 Å². The van der Waals surface area contributed by atoms with Gasteiger partial charge in [-0.1, -0.05) is 12.1 Å². The fraction of sp³-hybridized carbons (Fsp3) is 0.0952. The number of benzene rings is 2. The third-order valence-corrected chi connectivity index (χ3v) is 4.09. The molecule has 0 spiro atoms. The highest BCUT2D eigenvalue weighted by Crippen LogP contribution is 2.25. The predicted molar refractivity (Wildman–Crippen MR) is 104 cm³/mol. The highest BCUT2D eigenvalue weighted by molar-refractivity contribution is 6.05. The van der Waals surface area contributed by atoms with Gasteiger partial charge in [-0.15, -0.1) is 0 Å². The molecule has 3 aromatic rings. The summed E-state index contributed by atoms with van der Waals surface area (Å²) in [5, 5.41) is 21.4. The molecule has 1 amide bonds. The van der Waals surface area contributed by atoms with Crippen LogP contribution in [0.25, 0.3) is 11.1 Å². The number of nitrogens with zero attached hydrogens (tertiary/aromatic N) is 1. The first-order chi connectivity index (χ1) is 13.5. The molecule has 7 nitrogen and oxygen atoms in total. The van der Waals surface area contributed by atoms with Gasteiger partial charge in [0, 0.05) is 28.6 Å². The van der Waals surface area contributed by atoms with Gasteiger partial charge in [-0.2, -0.15) is 0 Å². The second kappa shape index (κ2) is 8.22. The molecule has 0 aliphatic rings. The van der Waals surface area contributed by atoms with Crippen LogP contribution in [-0.2, 0) is 11.2 Å². The van der Waals surface area contributed by atoms with Crippen LogP contribution in [0.3, 0.4) is 0 Å². The Balaban J connectivity index is 1.83. The number of carbonyl (C=O) groups is 2. The van der Waals surface area contributed by atoms with Crippen molar-refractivity contribution in [3.63, 3.8) is 0 Å². The molecule has 1 heterocycles. The Kier molecular flexibility index (Phi) is 5.55. The first kappa shape index (κ1) is 18.9. The van der Waals surface area contributed by atoms with Crippen molar-refractivity contribution in [1.29, 1.82) is 0 Å². The maximum absolute atomic E-state index is 12.6. The van der Waals surface area contributed by atoms with Crippen molar-refractivity contribution in [2.24, 2.45) is 0 Å². The van der Waals surface area contributed by atoms with E-state index in [9.17, 15) is 14.7 Å². The molecule has 0 bridgehead atoms. The van der Waals surface area contributed by atoms with Gasteiger partial charge < -0.3 is 20.3 Å². The Morgan fingerprint density at radius 3 is 2.64 bits per heavy atom. The van der Waals surface area contributed by atoms with Gasteiger partial charge in [0.1, 0.15) is 11.5 Å². The number of carbonyl (C=O) groups excluding carboxylic acids is 1. The molecule has 0 atom stereocenters. The van der Waals surface area contributed by atoms with Crippen LogP contribution in [-0.4, -0.2) is 34.2 Å². The van der Waals surface area contributed by atoms with E-state index in [4.69, 9.17) is 9.84 Å². The third-order valence-electron chi connectivity index (χ3n) is 4.09. The molecule has 0 aliphatic heterocycles. The van der Waals surface area contributed by atoms with Gasteiger partial charge in [0.25, 0.3) is 5.91 Å². The monoisotopic (exact) mass is 378 g/mol. The first-order valence-corrected chi connectivity index (χ1v) is 8.41. The molecule has 0 fully saturated rings. The van der Waals surface area contributed by atoms with E-state index in [1.165, 1.54) is 18.2 Å². The van der Waals surface area contributed by atoms with E-state index < -0.39 is 5.97 Å². The van der Waals surface area contributed by atoms with E-state index in [-0.39, 0.29) is 23.6 Å². The van der Waals surface area contributed by atoms with Crippen molar-refractivity contribution >= 4 is 17.6 Å². The summed E-state index contributed by atoms with van der Waals surface area (Å²) >= 11 is 0. The fourth-order valence-corrected chi connectivity index (χ4v) is 2.70. The summed E-state index contributed by atoms with van der Waals surface area (Å²) in [6.45, 7) is 0. The predicted octanol–water partition coefficient (Wildman–Crippen LogP) is 3.34. The van der Waals surface area contributed by atoms with E-state index in [0.717, 1.165) is 11.1 Å². The van der Waals surface area contributed by atoms with Crippen LogP contribution in [0.2, 0.25) is 0 Å². The number of carboxylic acid groups (broad SMARTS) is 1. The summed E-state index contributed by atoms with van der Waals surface area (Å²) in [5.41, 5.74) is 2.65. The number of methoxy groups -OCH3 is 1. The zero-order chi connectivity index (χ0) is 20.1. The lowest BCUT2D eigenvalue weighted by Crippen LogP contribution is -2.12. The van der Waals surface area contributed by atoms with Gasteiger partial charge in [0.15, 0.2) is 0 Å². The number of hydrogen-bond donors (Lipinski definition) is 3. The summed E-state index contributed by atoms with van der Waals surface area (Å²) in [4.78, 5) is 27.6. The smallest absolute Gasteiger partial charge is 0.307 e. The number of ether oxygens (including phenoxy) is 1. The van der Waals surface area contributed by atoms with Crippen LogP contribution in [0.4, 0.5) is 5.69 Å². The molecule has 0 saturated carbocycles. The van der Waals surface area contributed by atoms with E-state index in [2.05, 4.69) is 10.3 Å². The number of phenolic OH excluding ortho intramolecular Hbond substituents is 1. The van der Waals surface area contributed by atoms with Crippen LogP contribution in [0.1, 0.15) is 15.9 Å². The van der Waals surface area contributed by atoms with Crippen LogP contribution < -0.4 is 10.1 Å². The number of amides is 1. The Morgan fingerprint density at radius 2 is 1.89 bits per heavy atom. The molecule has 28 heavy (non-hydrogen) atoms. The Hall–Kier alpha value is -3.87.